The second-order valence-corrected chi connectivity index (χ2v) is 4.50. The first-order valence-electron chi connectivity index (χ1n) is 6.24. The van der Waals surface area contributed by atoms with Crippen molar-refractivity contribution >= 4 is 24.3 Å². The molecule has 3 amide bonds. The predicted molar refractivity (Wildman–Crippen MR) is 70.8 cm³/mol. The number of rotatable bonds is 2. The van der Waals surface area contributed by atoms with Crippen molar-refractivity contribution in [1.29, 1.82) is 0 Å². The second kappa shape index (κ2) is 6.80. The van der Waals surface area contributed by atoms with E-state index < -0.39 is 0 Å². The number of urea groups is 1. The zero-order chi connectivity index (χ0) is 12.3. The van der Waals surface area contributed by atoms with Gasteiger partial charge in [0.1, 0.15) is 0 Å². The van der Waals surface area contributed by atoms with Gasteiger partial charge in [0.05, 0.1) is 5.92 Å². The van der Waals surface area contributed by atoms with Crippen molar-refractivity contribution in [1.82, 2.24) is 20.4 Å². The van der Waals surface area contributed by atoms with Crippen molar-refractivity contribution in [2.45, 2.75) is 6.92 Å². The summed E-state index contributed by atoms with van der Waals surface area (Å²) in [4.78, 5) is 27.2. The molecule has 0 saturated carbocycles. The van der Waals surface area contributed by atoms with Crippen LogP contribution in [0.15, 0.2) is 0 Å². The lowest BCUT2D eigenvalue weighted by atomic mass is 10.0. The van der Waals surface area contributed by atoms with Crippen LogP contribution in [0.3, 0.4) is 0 Å². The largest absolute Gasteiger partial charge is 0.339 e. The summed E-state index contributed by atoms with van der Waals surface area (Å²) in [6.45, 7) is 6.74. The summed E-state index contributed by atoms with van der Waals surface area (Å²) in [6, 6.07) is -0.0232. The maximum atomic E-state index is 11.9. The van der Waals surface area contributed by atoms with E-state index in [1.807, 2.05) is 11.8 Å². The molecule has 0 aromatic carbocycles. The Hall–Kier alpha value is -1.01. The van der Waals surface area contributed by atoms with Gasteiger partial charge in [0.15, 0.2) is 0 Å². The molecule has 6 nitrogen and oxygen atoms in total. The summed E-state index contributed by atoms with van der Waals surface area (Å²) < 4.78 is 0. The number of piperazine rings is 1. The van der Waals surface area contributed by atoms with Crippen molar-refractivity contribution in [3.8, 4) is 0 Å². The number of halogens is 1. The second-order valence-electron chi connectivity index (χ2n) is 4.50. The standard InChI is InChI=1S/C11H20N4O2.ClH/c1-2-13-11(17)15-5-3-14(4-6-15)10(16)9-7-12-8-9;/h9,12H,2-8H2,1H3,(H,13,17);1H. The van der Waals surface area contributed by atoms with E-state index in [0.717, 1.165) is 13.1 Å². The van der Waals surface area contributed by atoms with Gasteiger partial charge in [0, 0.05) is 45.8 Å². The van der Waals surface area contributed by atoms with Crippen molar-refractivity contribution in [2.24, 2.45) is 5.92 Å². The molecule has 2 rings (SSSR count). The number of hydrogen-bond donors (Lipinski definition) is 2. The molecular weight excluding hydrogens is 256 g/mol. The number of nitrogens with zero attached hydrogens (tertiary/aromatic N) is 2. The Labute approximate surface area is 113 Å². The van der Waals surface area contributed by atoms with Crippen molar-refractivity contribution in [3.63, 3.8) is 0 Å². The van der Waals surface area contributed by atoms with E-state index in [1.54, 1.807) is 4.90 Å². The average molecular weight is 277 g/mol. The van der Waals surface area contributed by atoms with E-state index in [-0.39, 0.29) is 30.3 Å². The number of carbonyl (C=O) groups excluding carboxylic acids is 2. The molecule has 2 fully saturated rings. The topological polar surface area (TPSA) is 64.7 Å². The Bertz CT molecular complexity index is 301. The first-order chi connectivity index (χ1) is 8.22. The van der Waals surface area contributed by atoms with Crippen LogP contribution >= 0.6 is 12.4 Å². The maximum absolute atomic E-state index is 11.9. The van der Waals surface area contributed by atoms with Gasteiger partial charge in [-0.25, -0.2) is 4.79 Å². The van der Waals surface area contributed by atoms with Gasteiger partial charge in [0.2, 0.25) is 5.91 Å². The molecule has 0 spiro atoms. The monoisotopic (exact) mass is 276 g/mol. The van der Waals surface area contributed by atoms with Crippen LogP contribution in [-0.2, 0) is 4.79 Å². The highest BCUT2D eigenvalue weighted by Gasteiger charge is 2.31. The van der Waals surface area contributed by atoms with Crippen molar-refractivity contribution in [2.75, 3.05) is 45.8 Å². The molecule has 2 aliphatic rings. The molecule has 0 aliphatic carbocycles. The minimum Gasteiger partial charge on any atom is -0.339 e. The third-order valence-corrected chi connectivity index (χ3v) is 3.34. The van der Waals surface area contributed by atoms with Crippen LogP contribution in [0.1, 0.15) is 6.92 Å². The molecule has 0 aromatic heterocycles. The molecular formula is C11H21ClN4O2. The Balaban J connectivity index is 0.00000162. The summed E-state index contributed by atoms with van der Waals surface area (Å²) in [7, 11) is 0. The van der Waals surface area contributed by atoms with Crippen LogP contribution in [0.25, 0.3) is 0 Å². The lowest BCUT2D eigenvalue weighted by molar-refractivity contribution is -0.138. The zero-order valence-corrected chi connectivity index (χ0v) is 11.5. The normalized spacial score (nSPS) is 19.8. The zero-order valence-electron chi connectivity index (χ0n) is 10.6. The van der Waals surface area contributed by atoms with E-state index in [2.05, 4.69) is 10.6 Å². The SMILES string of the molecule is CCNC(=O)N1CCN(C(=O)C2CNC2)CC1.Cl. The molecule has 0 unspecified atom stereocenters. The fourth-order valence-electron chi connectivity index (χ4n) is 2.11. The van der Waals surface area contributed by atoms with E-state index in [1.165, 1.54) is 0 Å². The lowest BCUT2D eigenvalue weighted by Gasteiger charge is -2.38. The van der Waals surface area contributed by atoms with E-state index in [0.29, 0.717) is 32.7 Å². The van der Waals surface area contributed by atoms with Crippen LogP contribution in [-0.4, -0.2) is 67.6 Å². The van der Waals surface area contributed by atoms with Gasteiger partial charge >= 0.3 is 6.03 Å². The fourth-order valence-corrected chi connectivity index (χ4v) is 2.11. The van der Waals surface area contributed by atoms with Gasteiger partial charge in [-0.15, -0.1) is 12.4 Å². The highest BCUT2D eigenvalue weighted by molar-refractivity contribution is 5.85. The average Bonchev–Trinajstić information content (AvgIpc) is 2.27. The number of nitrogens with one attached hydrogen (secondary N) is 2. The highest BCUT2D eigenvalue weighted by Crippen LogP contribution is 2.11. The smallest absolute Gasteiger partial charge is 0.317 e. The quantitative estimate of drug-likeness (QED) is 0.715. The van der Waals surface area contributed by atoms with E-state index >= 15 is 0 Å². The highest BCUT2D eigenvalue weighted by atomic mass is 35.5. The summed E-state index contributed by atoms with van der Waals surface area (Å²) in [5.74, 6) is 0.394. The van der Waals surface area contributed by atoms with Crippen LogP contribution in [0.2, 0.25) is 0 Å². The van der Waals surface area contributed by atoms with Crippen LogP contribution in [0.5, 0.6) is 0 Å². The van der Waals surface area contributed by atoms with Crippen LogP contribution < -0.4 is 10.6 Å². The Morgan fingerprint density at radius 3 is 2.17 bits per heavy atom. The minimum atomic E-state index is -0.0232. The molecule has 2 heterocycles. The Kier molecular flexibility index (Phi) is 5.68. The van der Waals surface area contributed by atoms with E-state index in [9.17, 15) is 9.59 Å². The maximum Gasteiger partial charge on any atom is 0.317 e. The molecule has 2 aliphatic heterocycles. The lowest BCUT2D eigenvalue weighted by Crippen LogP contribution is -2.58. The molecule has 0 bridgehead atoms. The summed E-state index contributed by atoms with van der Waals surface area (Å²) >= 11 is 0. The van der Waals surface area contributed by atoms with Crippen molar-refractivity contribution in [3.05, 3.63) is 0 Å². The first-order valence-corrected chi connectivity index (χ1v) is 6.24. The number of amides is 3. The number of hydrogen-bond acceptors (Lipinski definition) is 3. The van der Waals surface area contributed by atoms with Crippen LogP contribution in [0.4, 0.5) is 4.79 Å². The van der Waals surface area contributed by atoms with Crippen molar-refractivity contribution < 1.29 is 9.59 Å². The number of carbonyl (C=O) groups is 2. The molecule has 18 heavy (non-hydrogen) atoms. The molecule has 7 heteroatoms. The third kappa shape index (κ3) is 3.26. The van der Waals surface area contributed by atoms with Gasteiger partial charge in [-0.05, 0) is 6.92 Å². The molecule has 0 atom stereocenters. The summed E-state index contributed by atoms with van der Waals surface area (Å²) in [5, 5.41) is 5.88. The van der Waals surface area contributed by atoms with E-state index in [4.69, 9.17) is 0 Å². The van der Waals surface area contributed by atoms with Gasteiger partial charge in [-0.3, -0.25) is 4.79 Å². The molecule has 0 radical (unpaired) electrons. The van der Waals surface area contributed by atoms with Gasteiger partial charge in [-0.2, -0.15) is 0 Å². The molecule has 2 N–H and O–H groups in total. The van der Waals surface area contributed by atoms with Crippen LogP contribution in [0, 0.1) is 5.92 Å². The summed E-state index contributed by atoms with van der Waals surface area (Å²) in [6.07, 6.45) is 0. The molecule has 2 saturated heterocycles. The van der Waals surface area contributed by atoms with Gasteiger partial charge in [-0.1, -0.05) is 0 Å². The van der Waals surface area contributed by atoms with Gasteiger partial charge in [0.25, 0.3) is 0 Å². The fraction of sp³-hybridized carbons (Fsp3) is 0.818. The predicted octanol–water partition coefficient (Wildman–Crippen LogP) is -0.499. The molecule has 104 valence electrons. The summed E-state index contributed by atoms with van der Waals surface area (Å²) in [5.41, 5.74) is 0. The Morgan fingerprint density at radius 1 is 1.17 bits per heavy atom. The minimum absolute atomic E-state index is 0. The third-order valence-electron chi connectivity index (χ3n) is 3.34. The Morgan fingerprint density at radius 2 is 1.72 bits per heavy atom. The molecule has 0 aromatic rings. The first kappa shape index (κ1) is 15.0. The van der Waals surface area contributed by atoms with Gasteiger partial charge < -0.3 is 20.4 Å².